The van der Waals surface area contributed by atoms with Crippen LogP contribution in [0.15, 0.2) is 6.07 Å². The molecule has 0 amide bonds. The molecule has 3 heteroatoms. The Balaban J connectivity index is 2.16. The summed E-state index contributed by atoms with van der Waals surface area (Å²) in [7, 11) is 0. The Morgan fingerprint density at radius 2 is 2.00 bits per heavy atom. The summed E-state index contributed by atoms with van der Waals surface area (Å²) in [6.07, 6.45) is 4.70. The maximum atomic E-state index is 10.2. The lowest BCUT2D eigenvalue weighted by molar-refractivity contribution is 0.218. The second-order valence-corrected chi connectivity index (χ2v) is 4.91. The number of rotatable bonds is 3. The van der Waals surface area contributed by atoms with E-state index < -0.39 is 0 Å². The molecule has 1 saturated heterocycles. The van der Waals surface area contributed by atoms with Crippen LogP contribution in [0.4, 0.5) is 0 Å². The van der Waals surface area contributed by atoms with E-state index in [9.17, 15) is 5.11 Å². The molecule has 3 nitrogen and oxygen atoms in total. The zero-order valence-electron chi connectivity index (χ0n) is 10.9. The van der Waals surface area contributed by atoms with Gasteiger partial charge in [-0.15, -0.1) is 0 Å². The molecule has 94 valence electrons. The molecular formula is C14H22N2O. The molecule has 1 aromatic heterocycles. The van der Waals surface area contributed by atoms with Crippen molar-refractivity contribution < 1.29 is 5.11 Å². The van der Waals surface area contributed by atoms with Crippen molar-refractivity contribution in [2.45, 2.75) is 46.1 Å². The third kappa shape index (κ3) is 2.97. The third-order valence-corrected chi connectivity index (χ3v) is 3.45. The quantitative estimate of drug-likeness (QED) is 0.873. The predicted octanol–water partition coefficient (Wildman–Crippen LogP) is 2.64. The summed E-state index contributed by atoms with van der Waals surface area (Å²) in [6, 6.07) is 2.02. The lowest BCUT2D eigenvalue weighted by Crippen LogP contribution is -2.29. The topological polar surface area (TPSA) is 36.4 Å². The fourth-order valence-electron chi connectivity index (χ4n) is 2.53. The molecule has 0 aliphatic carbocycles. The van der Waals surface area contributed by atoms with Crippen LogP contribution in [0, 0.1) is 6.92 Å². The van der Waals surface area contributed by atoms with Gasteiger partial charge in [0.25, 0.3) is 0 Å². The van der Waals surface area contributed by atoms with Crippen LogP contribution >= 0.6 is 0 Å². The molecule has 1 N–H and O–H groups in total. The van der Waals surface area contributed by atoms with Gasteiger partial charge in [-0.1, -0.05) is 13.3 Å². The predicted molar refractivity (Wildman–Crippen MR) is 69.1 cm³/mol. The molecule has 1 aliphatic heterocycles. The van der Waals surface area contributed by atoms with Crippen LogP contribution in [0.3, 0.4) is 0 Å². The first-order chi connectivity index (χ1) is 8.20. The summed E-state index contributed by atoms with van der Waals surface area (Å²) < 4.78 is 0. The van der Waals surface area contributed by atoms with Gasteiger partial charge in [-0.3, -0.25) is 9.88 Å². The number of aromatic nitrogens is 1. The van der Waals surface area contributed by atoms with Crippen molar-refractivity contribution in [2.75, 3.05) is 13.1 Å². The van der Waals surface area contributed by atoms with E-state index in [0.29, 0.717) is 5.75 Å². The van der Waals surface area contributed by atoms with E-state index in [-0.39, 0.29) is 0 Å². The largest absolute Gasteiger partial charge is 0.506 e. The van der Waals surface area contributed by atoms with Gasteiger partial charge in [-0.2, -0.15) is 0 Å². The highest BCUT2D eigenvalue weighted by molar-refractivity contribution is 5.37. The highest BCUT2D eigenvalue weighted by Gasteiger charge is 2.15. The first-order valence-electron chi connectivity index (χ1n) is 6.61. The van der Waals surface area contributed by atoms with Crippen LogP contribution in [0.1, 0.15) is 43.1 Å². The minimum atomic E-state index is 0.406. The second kappa shape index (κ2) is 5.50. The SMILES string of the molecule is CCc1nc(C)cc(CN2CCCCC2)c1O. The van der Waals surface area contributed by atoms with Gasteiger partial charge in [0.15, 0.2) is 0 Å². The van der Waals surface area contributed by atoms with E-state index in [4.69, 9.17) is 0 Å². The molecule has 0 unspecified atom stereocenters. The van der Waals surface area contributed by atoms with Crippen LogP contribution < -0.4 is 0 Å². The first-order valence-corrected chi connectivity index (χ1v) is 6.61. The Morgan fingerprint density at radius 3 is 2.65 bits per heavy atom. The minimum Gasteiger partial charge on any atom is -0.506 e. The highest BCUT2D eigenvalue weighted by atomic mass is 16.3. The van der Waals surface area contributed by atoms with E-state index >= 15 is 0 Å². The summed E-state index contributed by atoms with van der Waals surface area (Å²) in [4.78, 5) is 6.80. The molecule has 1 aliphatic rings. The van der Waals surface area contributed by atoms with Gasteiger partial charge in [0.2, 0.25) is 0 Å². The average Bonchev–Trinajstić information content (AvgIpc) is 2.34. The lowest BCUT2D eigenvalue weighted by Gasteiger charge is -2.27. The number of aryl methyl sites for hydroxylation is 2. The molecule has 2 heterocycles. The standard InChI is InChI=1S/C14H22N2O/c1-3-13-14(17)12(9-11(2)15-13)10-16-7-5-4-6-8-16/h9,17H,3-8,10H2,1-2H3. The van der Waals surface area contributed by atoms with Crippen LogP contribution in [-0.2, 0) is 13.0 Å². The van der Waals surface area contributed by atoms with Crippen molar-refractivity contribution >= 4 is 0 Å². The number of likely N-dealkylation sites (tertiary alicyclic amines) is 1. The van der Waals surface area contributed by atoms with E-state index in [1.54, 1.807) is 0 Å². The van der Waals surface area contributed by atoms with Crippen molar-refractivity contribution in [1.29, 1.82) is 0 Å². The molecule has 17 heavy (non-hydrogen) atoms. The molecule has 1 aromatic rings. The molecule has 0 spiro atoms. The average molecular weight is 234 g/mol. The highest BCUT2D eigenvalue weighted by Crippen LogP contribution is 2.25. The Kier molecular flexibility index (Phi) is 4.00. The summed E-state index contributed by atoms with van der Waals surface area (Å²) in [5.41, 5.74) is 2.87. The number of aromatic hydroxyl groups is 1. The van der Waals surface area contributed by atoms with Crippen LogP contribution in [0.5, 0.6) is 5.75 Å². The van der Waals surface area contributed by atoms with Gasteiger partial charge in [-0.25, -0.2) is 0 Å². The van der Waals surface area contributed by atoms with Gasteiger partial charge in [0, 0.05) is 17.8 Å². The smallest absolute Gasteiger partial charge is 0.141 e. The fraction of sp³-hybridized carbons (Fsp3) is 0.643. The van der Waals surface area contributed by atoms with Crippen molar-refractivity contribution in [3.8, 4) is 5.75 Å². The normalized spacial score (nSPS) is 17.3. The summed E-state index contributed by atoms with van der Waals surface area (Å²) in [5.74, 6) is 0.406. The lowest BCUT2D eigenvalue weighted by atomic mass is 10.1. The second-order valence-electron chi connectivity index (χ2n) is 4.91. The molecule has 0 aromatic carbocycles. The van der Waals surface area contributed by atoms with Crippen molar-refractivity contribution in [2.24, 2.45) is 0 Å². The minimum absolute atomic E-state index is 0.406. The van der Waals surface area contributed by atoms with Gasteiger partial charge >= 0.3 is 0 Å². The zero-order valence-corrected chi connectivity index (χ0v) is 10.9. The summed E-state index contributed by atoms with van der Waals surface area (Å²) in [6.45, 7) is 7.21. The van der Waals surface area contributed by atoms with Crippen molar-refractivity contribution in [3.05, 3.63) is 23.0 Å². The Labute approximate surface area is 103 Å². The molecule has 1 fully saturated rings. The molecule has 0 bridgehead atoms. The van der Waals surface area contributed by atoms with Crippen molar-refractivity contribution in [3.63, 3.8) is 0 Å². The summed E-state index contributed by atoms with van der Waals surface area (Å²) in [5, 5.41) is 10.2. The maximum Gasteiger partial charge on any atom is 0.141 e. The Hall–Kier alpha value is -1.09. The maximum absolute atomic E-state index is 10.2. The Morgan fingerprint density at radius 1 is 1.29 bits per heavy atom. The number of hydrogen-bond acceptors (Lipinski definition) is 3. The van der Waals surface area contributed by atoms with Crippen molar-refractivity contribution in [1.82, 2.24) is 9.88 Å². The fourth-order valence-corrected chi connectivity index (χ4v) is 2.53. The molecule has 0 saturated carbocycles. The first kappa shape index (κ1) is 12.4. The van der Waals surface area contributed by atoms with Crippen LogP contribution in [0.25, 0.3) is 0 Å². The number of hydrogen-bond donors (Lipinski definition) is 1. The molecular weight excluding hydrogens is 212 g/mol. The molecule has 0 radical (unpaired) electrons. The number of pyridine rings is 1. The van der Waals surface area contributed by atoms with Gasteiger partial charge in [0.1, 0.15) is 5.75 Å². The van der Waals surface area contributed by atoms with Gasteiger partial charge < -0.3 is 5.11 Å². The number of nitrogens with zero attached hydrogens (tertiary/aromatic N) is 2. The van der Waals surface area contributed by atoms with Crippen LogP contribution in [0.2, 0.25) is 0 Å². The third-order valence-electron chi connectivity index (χ3n) is 3.45. The van der Waals surface area contributed by atoms with E-state index in [1.807, 2.05) is 19.9 Å². The monoisotopic (exact) mass is 234 g/mol. The molecule has 2 rings (SSSR count). The van der Waals surface area contributed by atoms with E-state index in [0.717, 1.165) is 43.0 Å². The molecule has 0 atom stereocenters. The Bertz CT molecular complexity index is 384. The van der Waals surface area contributed by atoms with Crippen LogP contribution in [-0.4, -0.2) is 28.1 Å². The number of piperidine rings is 1. The van der Waals surface area contributed by atoms with E-state index in [1.165, 1.54) is 19.3 Å². The van der Waals surface area contributed by atoms with Gasteiger partial charge in [-0.05, 0) is 45.3 Å². The summed E-state index contributed by atoms with van der Waals surface area (Å²) >= 11 is 0. The van der Waals surface area contributed by atoms with Gasteiger partial charge in [0.05, 0.1) is 5.69 Å². The van der Waals surface area contributed by atoms with E-state index in [2.05, 4.69) is 9.88 Å². The zero-order chi connectivity index (χ0) is 12.3.